The predicted molar refractivity (Wildman–Crippen MR) is 60.1 cm³/mol. The van der Waals surface area contributed by atoms with E-state index in [-0.39, 0.29) is 12.6 Å². The van der Waals surface area contributed by atoms with Crippen molar-refractivity contribution in [3.05, 3.63) is 21.0 Å². The van der Waals surface area contributed by atoms with E-state index in [4.69, 9.17) is 5.11 Å². The van der Waals surface area contributed by atoms with E-state index in [2.05, 4.69) is 15.3 Å². The number of aromatic amines is 2. The molecule has 1 saturated carbocycles. The van der Waals surface area contributed by atoms with Crippen molar-refractivity contribution >= 4 is 5.95 Å². The van der Waals surface area contributed by atoms with Crippen LogP contribution in [0.2, 0.25) is 0 Å². The number of H-pyrrole nitrogens is 2. The fourth-order valence-corrected chi connectivity index (χ4v) is 2.09. The maximum Gasteiger partial charge on any atom is 0.352 e. The second kappa shape index (κ2) is 4.88. The molecule has 1 aliphatic rings. The molecule has 1 fully saturated rings. The monoisotopic (exact) mass is 258 g/mol. The molecule has 0 bridgehead atoms. The third-order valence-electron chi connectivity index (χ3n) is 3.02. The largest absolute Gasteiger partial charge is 0.396 e. The lowest BCUT2D eigenvalue weighted by molar-refractivity contribution is 0.00442. The molecule has 9 heteroatoms. The van der Waals surface area contributed by atoms with Gasteiger partial charge in [-0.05, 0) is 6.42 Å². The number of aliphatic hydroxyl groups is 3. The van der Waals surface area contributed by atoms with E-state index in [1.54, 1.807) is 0 Å². The van der Waals surface area contributed by atoms with E-state index < -0.39 is 35.5 Å². The van der Waals surface area contributed by atoms with Gasteiger partial charge in [-0.25, -0.2) is 9.59 Å². The molecule has 100 valence electrons. The van der Waals surface area contributed by atoms with Gasteiger partial charge in [-0.15, -0.1) is 0 Å². The van der Waals surface area contributed by atoms with Crippen LogP contribution in [-0.2, 0) is 0 Å². The van der Waals surface area contributed by atoms with Crippen LogP contribution in [0.15, 0.2) is 9.59 Å². The number of hydrogen-bond acceptors (Lipinski definition) is 7. The van der Waals surface area contributed by atoms with Gasteiger partial charge in [0.1, 0.15) is 6.10 Å². The molecule has 1 aliphatic carbocycles. The zero-order valence-electron chi connectivity index (χ0n) is 9.33. The molecule has 9 nitrogen and oxygen atoms in total. The van der Waals surface area contributed by atoms with Crippen LogP contribution in [0.25, 0.3) is 0 Å². The predicted octanol–water partition coefficient (Wildman–Crippen LogP) is -3.03. The summed E-state index contributed by atoms with van der Waals surface area (Å²) >= 11 is 0. The van der Waals surface area contributed by atoms with Gasteiger partial charge in [0.15, 0.2) is 0 Å². The second-order valence-electron chi connectivity index (χ2n) is 4.26. The van der Waals surface area contributed by atoms with Crippen molar-refractivity contribution in [2.24, 2.45) is 5.92 Å². The summed E-state index contributed by atoms with van der Waals surface area (Å²) in [6.45, 7) is -0.254. The highest BCUT2D eigenvalue weighted by Crippen LogP contribution is 2.27. The molecule has 2 rings (SSSR count). The fourth-order valence-electron chi connectivity index (χ4n) is 2.09. The summed E-state index contributed by atoms with van der Waals surface area (Å²) in [5, 5.41) is 31.0. The highest BCUT2D eigenvalue weighted by atomic mass is 16.3. The molecule has 0 aliphatic heterocycles. The van der Waals surface area contributed by atoms with E-state index in [9.17, 15) is 19.8 Å². The zero-order chi connectivity index (χ0) is 13.3. The first-order valence-corrected chi connectivity index (χ1v) is 5.45. The maximum absolute atomic E-state index is 11.0. The van der Waals surface area contributed by atoms with Crippen LogP contribution >= 0.6 is 0 Å². The average Bonchev–Trinajstić information content (AvgIpc) is 2.55. The molecule has 0 saturated heterocycles. The summed E-state index contributed by atoms with van der Waals surface area (Å²) in [7, 11) is 0. The van der Waals surface area contributed by atoms with Gasteiger partial charge in [0.25, 0.3) is 0 Å². The lowest BCUT2D eigenvalue weighted by atomic mass is 10.1. The van der Waals surface area contributed by atoms with Gasteiger partial charge in [0, 0.05) is 12.5 Å². The van der Waals surface area contributed by atoms with Crippen molar-refractivity contribution in [1.29, 1.82) is 0 Å². The van der Waals surface area contributed by atoms with Crippen LogP contribution in [0.1, 0.15) is 6.42 Å². The topological polar surface area (TPSA) is 151 Å². The number of aliphatic hydroxyl groups excluding tert-OH is 3. The van der Waals surface area contributed by atoms with Crippen molar-refractivity contribution in [3.63, 3.8) is 0 Å². The second-order valence-corrected chi connectivity index (χ2v) is 4.26. The number of rotatable bonds is 3. The molecule has 0 unspecified atom stereocenters. The zero-order valence-corrected chi connectivity index (χ0v) is 9.33. The van der Waals surface area contributed by atoms with E-state index in [0.717, 1.165) is 0 Å². The Balaban J connectivity index is 2.15. The first kappa shape index (κ1) is 12.7. The summed E-state index contributed by atoms with van der Waals surface area (Å²) in [6, 6.07) is -0.595. The van der Waals surface area contributed by atoms with Crippen molar-refractivity contribution in [3.8, 4) is 0 Å². The van der Waals surface area contributed by atoms with Crippen molar-refractivity contribution in [2.75, 3.05) is 11.9 Å². The van der Waals surface area contributed by atoms with Crippen LogP contribution in [0.5, 0.6) is 0 Å². The molecular weight excluding hydrogens is 244 g/mol. The SMILES string of the molecule is O=c1nc(N[C@@H]2C[C@H](CO)[C@@H](O)[C@H]2O)[nH]c(=O)[nH]1. The normalized spacial score (nSPS) is 31.5. The lowest BCUT2D eigenvalue weighted by Gasteiger charge is -2.17. The number of aromatic nitrogens is 3. The smallest absolute Gasteiger partial charge is 0.352 e. The van der Waals surface area contributed by atoms with E-state index in [1.807, 2.05) is 4.98 Å². The first-order valence-electron chi connectivity index (χ1n) is 5.45. The first-order chi connectivity index (χ1) is 8.51. The highest BCUT2D eigenvalue weighted by molar-refractivity contribution is 5.25. The Morgan fingerprint density at radius 1 is 1.28 bits per heavy atom. The van der Waals surface area contributed by atoms with Gasteiger partial charge in [0.2, 0.25) is 5.95 Å². The van der Waals surface area contributed by atoms with Crippen molar-refractivity contribution < 1.29 is 15.3 Å². The molecule has 1 aromatic rings. The summed E-state index contributed by atoms with van der Waals surface area (Å²) in [5.74, 6) is -0.537. The minimum atomic E-state index is -1.10. The van der Waals surface area contributed by atoms with E-state index in [0.29, 0.717) is 6.42 Å². The van der Waals surface area contributed by atoms with Gasteiger partial charge in [-0.1, -0.05) is 0 Å². The molecule has 1 heterocycles. The Morgan fingerprint density at radius 2 is 2.00 bits per heavy atom. The fraction of sp³-hybridized carbons (Fsp3) is 0.667. The molecule has 0 radical (unpaired) electrons. The molecule has 0 aromatic carbocycles. The van der Waals surface area contributed by atoms with Crippen LogP contribution in [0.3, 0.4) is 0 Å². The van der Waals surface area contributed by atoms with Crippen molar-refractivity contribution in [2.45, 2.75) is 24.7 Å². The number of anilines is 1. The summed E-state index contributed by atoms with van der Waals surface area (Å²) in [5.41, 5.74) is -1.53. The van der Waals surface area contributed by atoms with Crippen LogP contribution in [0.4, 0.5) is 5.95 Å². The number of nitrogens with zero attached hydrogens (tertiary/aromatic N) is 1. The molecule has 4 atom stereocenters. The van der Waals surface area contributed by atoms with Gasteiger partial charge in [-0.2, -0.15) is 4.98 Å². The number of nitrogens with one attached hydrogen (secondary N) is 3. The highest BCUT2D eigenvalue weighted by Gasteiger charge is 2.41. The lowest BCUT2D eigenvalue weighted by Crippen LogP contribution is -2.37. The Labute approximate surface area is 101 Å². The van der Waals surface area contributed by atoms with E-state index >= 15 is 0 Å². The Bertz CT molecular complexity index is 498. The quantitative estimate of drug-likeness (QED) is 0.337. The van der Waals surface area contributed by atoms with Crippen LogP contribution < -0.4 is 16.7 Å². The van der Waals surface area contributed by atoms with Crippen LogP contribution in [-0.4, -0.2) is 55.1 Å². The molecule has 1 aromatic heterocycles. The molecule has 6 N–H and O–H groups in total. The summed E-state index contributed by atoms with van der Waals surface area (Å²) < 4.78 is 0. The molecule has 0 spiro atoms. The maximum atomic E-state index is 11.0. The number of hydrogen-bond donors (Lipinski definition) is 6. The minimum absolute atomic E-state index is 0.0846. The Hall–Kier alpha value is -1.71. The van der Waals surface area contributed by atoms with Gasteiger partial charge >= 0.3 is 11.4 Å². The Kier molecular flexibility index (Phi) is 3.45. The third kappa shape index (κ3) is 2.42. The minimum Gasteiger partial charge on any atom is -0.396 e. The van der Waals surface area contributed by atoms with Gasteiger partial charge < -0.3 is 20.6 Å². The molecule has 18 heavy (non-hydrogen) atoms. The molecular formula is C9H14N4O5. The van der Waals surface area contributed by atoms with Crippen LogP contribution in [0, 0.1) is 5.92 Å². The molecule has 0 amide bonds. The van der Waals surface area contributed by atoms with Gasteiger partial charge in [0.05, 0.1) is 12.1 Å². The van der Waals surface area contributed by atoms with Crippen molar-refractivity contribution in [1.82, 2.24) is 15.0 Å². The Morgan fingerprint density at radius 3 is 2.56 bits per heavy atom. The van der Waals surface area contributed by atoms with E-state index in [1.165, 1.54) is 0 Å². The standard InChI is InChI=1S/C9H14N4O5/c14-2-3-1-4(6(16)5(3)15)10-7-11-8(17)13-9(18)12-7/h3-6,14-16H,1-2H2,(H3,10,11,12,13,17,18)/t3-,4-,5-,6+/m1/s1. The average molecular weight is 258 g/mol. The van der Waals surface area contributed by atoms with Gasteiger partial charge in [-0.3, -0.25) is 9.97 Å². The summed E-state index contributed by atoms with van der Waals surface area (Å²) in [4.78, 5) is 29.6. The summed E-state index contributed by atoms with van der Waals surface area (Å²) in [6.07, 6.45) is -1.86. The third-order valence-corrected chi connectivity index (χ3v) is 3.02.